The van der Waals surface area contributed by atoms with Gasteiger partial charge >= 0.3 is 6.02 Å². The Morgan fingerprint density at radius 1 is 1.17 bits per heavy atom. The van der Waals surface area contributed by atoms with Gasteiger partial charge in [-0.1, -0.05) is 0 Å². The van der Waals surface area contributed by atoms with Gasteiger partial charge in [0.15, 0.2) is 5.90 Å². The number of aliphatic imine (C=N–C) groups is 2. The fourth-order valence-electron chi connectivity index (χ4n) is 0.528. The van der Waals surface area contributed by atoms with Gasteiger partial charge < -0.3 is 9.47 Å². The van der Waals surface area contributed by atoms with Crippen molar-refractivity contribution in [3.63, 3.8) is 0 Å². The molecule has 4 nitrogen and oxygen atoms in total. The predicted molar refractivity (Wildman–Crippen MR) is 49.7 cm³/mol. The molecule has 70 valence electrons. The summed E-state index contributed by atoms with van der Waals surface area (Å²) in [4.78, 5) is 8.09. The van der Waals surface area contributed by atoms with Crippen LogP contribution in [0.25, 0.3) is 0 Å². The molecule has 0 aliphatic carbocycles. The van der Waals surface area contributed by atoms with Gasteiger partial charge in [0.25, 0.3) is 0 Å². The number of nitrogens with zero attached hydrogens (tertiary/aromatic N) is 2. The second-order valence-electron chi connectivity index (χ2n) is 2.54. The van der Waals surface area contributed by atoms with Crippen molar-refractivity contribution in [1.82, 2.24) is 0 Å². The first-order chi connectivity index (χ1) is 5.60. The van der Waals surface area contributed by atoms with E-state index in [9.17, 15) is 0 Å². The molecular formula is C8H16N2O2. The molecule has 0 spiro atoms. The van der Waals surface area contributed by atoms with Crippen molar-refractivity contribution >= 4 is 11.9 Å². The molecule has 0 amide bonds. The third-order valence-corrected chi connectivity index (χ3v) is 1.10. The summed E-state index contributed by atoms with van der Waals surface area (Å²) in [5, 5.41) is 0. The van der Waals surface area contributed by atoms with Crippen molar-refractivity contribution in [3.05, 3.63) is 0 Å². The molecule has 12 heavy (non-hydrogen) atoms. The lowest BCUT2D eigenvalue weighted by Crippen LogP contribution is -2.06. The smallest absolute Gasteiger partial charge is 0.314 e. The first kappa shape index (κ1) is 10.9. The van der Waals surface area contributed by atoms with E-state index in [1.165, 1.54) is 7.11 Å². The van der Waals surface area contributed by atoms with Gasteiger partial charge in [0.2, 0.25) is 0 Å². The molecule has 0 radical (unpaired) electrons. The quantitative estimate of drug-likeness (QED) is 0.444. The summed E-state index contributed by atoms with van der Waals surface area (Å²) in [6.07, 6.45) is 0. The summed E-state index contributed by atoms with van der Waals surface area (Å²) in [5.41, 5.74) is 0. The standard InChI is InChI=1S/C8H16N2O2/c1-6(2)9-8(12-5)10-7(3)11-4/h6H,1-5H3/b9-8+,10-7+. The number of rotatable bonds is 1. The van der Waals surface area contributed by atoms with Crippen LogP contribution in [-0.2, 0) is 9.47 Å². The minimum Gasteiger partial charge on any atom is -0.484 e. The molecule has 0 aromatic carbocycles. The summed E-state index contributed by atoms with van der Waals surface area (Å²) in [6.45, 7) is 5.65. The Balaban J connectivity index is 4.36. The summed E-state index contributed by atoms with van der Waals surface area (Å²) in [7, 11) is 3.09. The highest BCUT2D eigenvalue weighted by atomic mass is 16.5. The van der Waals surface area contributed by atoms with Gasteiger partial charge in [-0.3, -0.25) is 0 Å². The second-order valence-corrected chi connectivity index (χ2v) is 2.54. The van der Waals surface area contributed by atoms with Gasteiger partial charge in [-0.15, -0.1) is 0 Å². The van der Waals surface area contributed by atoms with Crippen LogP contribution in [0.3, 0.4) is 0 Å². The lowest BCUT2D eigenvalue weighted by atomic mass is 10.4. The summed E-state index contributed by atoms with van der Waals surface area (Å²) < 4.78 is 9.77. The Bertz CT molecular complexity index is 185. The van der Waals surface area contributed by atoms with Crippen molar-refractivity contribution in [3.8, 4) is 0 Å². The van der Waals surface area contributed by atoms with Crippen LogP contribution < -0.4 is 0 Å². The Hall–Kier alpha value is -1.06. The van der Waals surface area contributed by atoms with Gasteiger partial charge in [-0.25, -0.2) is 4.99 Å². The van der Waals surface area contributed by atoms with Crippen LogP contribution in [0.15, 0.2) is 9.98 Å². The average Bonchev–Trinajstić information content (AvgIpc) is 2.02. The van der Waals surface area contributed by atoms with E-state index in [1.807, 2.05) is 13.8 Å². The Labute approximate surface area is 73.3 Å². The van der Waals surface area contributed by atoms with Crippen molar-refractivity contribution in [1.29, 1.82) is 0 Å². The highest BCUT2D eigenvalue weighted by Gasteiger charge is 1.98. The van der Waals surface area contributed by atoms with Crippen LogP contribution in [0.1, 0.15) is 20.8 Å². The van der Waals surface area contributed by atoms with E-state index in [0.717, 1.165) is 0 Å². The van der Waals surface area contributed by atoms with Crippen molar-refractivity contribution in [2.24, 2.45) is 9.98 Å². The average molecular weight is 172 g/mol. The van der Waals surface area contributed by atoms with Gasteiger partial charge in [0, 0.05) is 13.0 Å². The third-order valence-electron chi connectivity index (χ3n) is 1.10. The monoisotopic (exact) mass is 172 g/mol. The topological polar surface area (TPSA) is 43.2 Å². The molecular weight excluding hydrogens is 156 g/mol. The van der Waals surface area contributed by atoms with Crippen LogP contribution in [0.2, 0.25) is 0 Å². The van der Waals surface area contributed by atoms with E-state index < -0.39 is 0 Å². The lowest BCUT2D eigenvalue weighted by molar-refractivity contribution is 0.378. The van der Waals surface area contributed by atoms with E-state index in [1.54, 1.807) is 14.0 Å². The van der Waals surface area contributed by atoms with Crippen LogP contribution in [0.5, 0.6) is 0 Å². The largest absolute Gasteiger partial charge is 0.484 e. The van der Waals surface area contributed by atoms with Crippen LogP contribution in [0.4, 0.5) is 0 Å². The van der Waals surface area contributed by atoms with Crippen molar-refractivity contribution in [2.45, 2.75) is 26.8 Å². The molecule has 0 N–H and O–H groups in total. The van der Waals surface area contributed by atoms with Crippen molar-refractivity contribution < 1.29 is 9.47 Å². The van der Waals surface area contributed by atoms with Crippen molar-refractivity contribution in [2.75, 3.05) is 14.2 Å². The summed E-state index contributed by atoms with van der Waals surface area (Å²) in [5.74, 6) is 0.538. The molecule has 0 saturated heterocycles. The molecule has 4 heteroatoms. The van der Waals surface area contributed by atoms with E-state index in [2.05, 4.69) is 9.98 Å². The Morgan fingerprint density at radius 3 is 2.08 bits per heavy atom. The first-order valence-corrected chi connectivity index (χ1v) is 3.81. The van der Waals surface area contributed by atoms with E-state index in [-0.39, 0.29) is 6.04 Å². The maximum Gasteiger partial charge on any atom is 0.314 e. The molecule has 0 fully saturated rings. The zero-order valence-corrected chi connectivity index (χ0v) is 8.29. The number of ether oxygens (including phenoxy) is 2. The Kier molecular flexibility index (Phi) is 5.08. The molecule has 0 aliphatic rings. The van der Waals surface area contributed by atoms with E-state index in [4.69, 9.17) is 9.47 Å². The number of methoxy groups -OCH3 is 2. The zero-order valence-electron chi connectivity index (χ0n) is 8.29. The summed E-state index contributed by atoms with van der Waals surface area (Å²) >= 11 is 0. The molecule has 0 aliphatic heterocycles. The molecule has 0 aromatic rings. The predicted octanol–water partition coefficient (Wildman–Crippen LogP) is 1.46. The van der Waals surface area contributed by atoms with Gasteiger partial charge in [-0.2, -0.15) is 4.99 Å². The molecule has 0 saturated carbocycles. The zero-order chi connectivity index (χ0) is 9.56. The number of hydrogen-bond acceptors (Lipinski definition) is 3. The molecule has 0 heterocycles. The minimum atomic E-state index is 0.174. The highest BCUT2D eigenvalue weighted by molar-refractivity contribution is 5.88. The molecule has 0 bridgehead atoms. The van der Waals surface area contributed by atoms with Crippen LogP contribution in [0, 0.1) is 0 Å². The molecule has 0 rings (SSSR count). The number of hydrogen-bond donors (Lipinski definition) is 0. The van der Waals surface area contributed by atoms with Crippen LogP contribution in [-0.4, -0.2) is 32.2 Å². The van der Waals surface area contributed by atoms with E-state index >= 15 is 0 Å². The fourth-order valence-corrected chi connectivity index (χ4v) is 0.528. The maximum absolute atomic E-state index is 4.92. The molecule has 0 unspecified atom stereocenters. The highest BCUT2D eigenvalue weighted by Crippen LogP contribution is 1.92. The fraction of sp³-hybridized carbons (Fsp3) is 0.750. The number of amidine groups is 1. The normalized spacial score (nSPS) is 13.5. The van der Waals surface area contributed by atoms with Crippen LogP contribution >= 0.6 is 0 Å². The lowest BCUT2D eigenvalue weighted by Gasteiger charge is -2.02. The third kappa shape index (κ3) is 4.71. The van der Waals surface area contributed by atoms with E-state index in [0.29, 0.717) is 11.9 Å². The Morgan fingerprint density at radius 2 is 1.75 bits per heavy atom. The van der Waals surface area contributed by atoms with Gasteiger partial charge in [0.1, 0.15) is 0 Å². The first-order valence-electron chi connectivity index (χ1n) is 3.81. The molecule has 0 atom stereocenters. The molecule has 0 aromatic heterocycles. The summed E-state index contributed by atoms with van der Waals surface area (Å²) in [6, 6.07) is 0.526. The van der Waals surface area contributed by atoms with Gasteiger partial charge in [0.05, 0.1) is 14.2 Å². The second kappa shape index (κ2) is 5.57. The van der Waals surface area contributed by atoms with Gasteiger partial charge in [-0.05, 0) is 13.8 Å². The minimum absolute atomic E-state index is 0.174. The SMILES string of the molecule is CO/C(C)=N/C(=N\C(C)C)OC. The maximum atomic E-state index is 4.92.